The molecule has 0 spiro atoms. The van der Waals surface area contributed by atoms with Gasteiger partial charge in [-0.1, -0.05) is 11.8 Å². The molecule has 0 aromatic carbocycles. The Balaban J connectivity index is 2.72. The van der Waals surface area contributed by atoms with Gasteiger partial charge in [0.25, 0.3) is 5.24 Å². The number of alkyl halides is 1. The lowest BCUT2D eigenvalue weighted by atomic mass is 10.2. The molecule has 0 aliphatic carbocycles. The normalized spacial score (nSPS) is 11.0. The predicted octanol–water partition coefficient (Wildman–Crippen LogP) is 3.91. The van der Waals surface area contributed by atoms with Crippen LogP contribution in [-0.2, 0) is 15.9 Å². The number of carbonyl (C=O) groups excluding carboxylic acids is 3. The molecule has 0 atom stereocenters. The number of methoxy groups -OCH3 is 1. The molecule has 0 unspecified atom stereocenters. The number of halogens is 1. The standard InChI is InChI=1S/C16H23ClN2O5S2/c1-16(2,3)24-14(21)18-19(15(22)25-10-8-17)9-7-11-5-6-12(26-11)13(20)23-4/h5-6H,7-10H2,1-4H3,(H,18,21). The first-order valence-electron chi connectivity index (χ1n) is 7.83. The summed E-state index contributed by atoms with van der Waals surface area (Å²) in [4.78, 5) is 37.1. The van der Waals surface area contributed by atoms with Gasteiger partial charge >= 0.3 is 12.1 Å². The third-order valence-corrected chi connectivity index (χ3v) is 5.19. The molecular weight excluding hydrogens is 400 g/mol. The van der Waals surface area contributed by atoms with Crippen molar-refractivity contribution in [1.29, 1.82) is 0 Å². The summed E-state index contributed by atoms with van der Waals surface area (Å²) in [6.07, 6.45) is -0.247. The Hall–Kier alpha value is -1.45. The second kappa shape index (κ2) is 10.6. The number of ether oxygens (including phenoxy) is 2. The first-order valence-corrected chi connectivity index (χ1v) is 10.2. The van der Waals surface area contributed by atoms with Crippen LogP contribution < -0.4 is 5.43 Å². The third kappa shape index (κ3) is 8.29. The van der Waals surface area contributed by atoms with Crippen LogP contribution in [0, 0.1) is 0 Å². The molecule has 2 amide bonds. The predicted molar refractivity (Wildman–Crippen MR) is 104 cm³/mol. The van der Waals surface area contributed by atoms with Crippen LogP contribution in [0.2, 0.25) is 0 Å². The minimum atomic E-state index is -0.709. The van der Waals surface area contributed by atoms with Crippen molar-refractivity contribution in [3.63, 3.8) is 0 Å². The fourth-order valence-electron chi connectivity index (χ4n) is 1.75. The lowest BCUT2D eigenvalue weighted by Crippen LogP contribution is -2.47. The molecular formula is C16H23ClN2O5S2. The Morgan fingerprint density at radius 3 is 2.58 bits per heavy atom. The molecule has 1 N–H and O–H groups in total. The molecule has 0 saturated carbocycles. The average molecular weight is 423 g/mol. The highest BCUT2D eigenvalue weighted by Gasteiger charge is 2.22. The number of nitrogens with zero attached hydrogens (tertiary/aromatic N) is 1. The summed E-state index contributed by atoms with van der Waals surface area (Å²) in [6.45, 7) is 5.44. The third-order valence-electron chi connectivity index (χ3n) is 2.78. The molecule has 1 rings (SSSR count). The van der Waals surface area contributed by atoms with Crippen LogP contribution in [0.15, 0.2) is 12.1 Å². The van der Waals surface area contributed by atoms with Gasteiger partial charge < -0.3 is 9.47 Å². The van der Waals surface area contributed by atoms with Gasteiger partial charge in [0.1, 0.15) is 10.5 Å². The first-order chi connectivity index (χ1) is 12.2. The van der Waals surface area contributed by atoms with Crippen molar-refractivity contribution in [3.05, 3.63) is 21.9 Å². The summed E-state index contributed by atoms with van der Waals surface area (Å²) in [5.41, 5.74) is 1.79. The highest BCUT2D eigenvalue weighted by Crippen LogP contribution is 2.19. The molecule has 0 bridgehead atoms. The van der Waals surface area contributed by atoms with Gasteiger partial charge in [0.2, 0.25) is 0 Å². The van der Waals surface area contributed by atoms with E-state index in [9.17, 15) is 14.4 Å². The van der Waals surface area contributed by atoms with Gasteiger partial charge in [-0.2, -0.15) is 0 Å². The topological polar surface area (TPSA) is 84.9 Å². The Morgan fingerprint density at radius 2 is 2.00 bits per heavy atom. The van der Waals surface area contributed by atoms with E-state index in [-0.39, 0.29) is 11.8 Å². The Kier molecular flexibility index (Phi) is 9.24. The van der Waals surface area contributed by atoms with Crippen molar-refractivity contribution in [2.45, 2.75) is 32.8 Å². The van der Waals surface area contributed by atoms with Crippen LogP contribution in [0.4, 0.5) is 9.59 Å². The number of nitrogens with one attached hydrogen (secondary N) is 1. The molecule has 0 aliphatic rings. The van der Waals surface area contributed by atoms with E-state index in [2.05, 4.69) is 10.2 Å². The minimum absolute atomic E-state index is 0.231. The van der Waals surface area contributed by atoms with Crippen LogP contribution in [0.25, 0.3) is 0 Å². The van der Waals surface area contributed by atoms with Gasteiger partial charge in [-0.05, 0) is 32.9 Å². The summed E-state index contributed by atoms with van der Waals surface area (Å²) in [5.74, 6) is 0.349. The molecule has 0 aliphatic heterocycles. The van der Waals surface area contributed by atoms with Crippen LogP contribution >= 0.6 is 34.7 Å². The molecule has 146 valence electrons. The number of thioether (sulfide) groups is 1. The van der Waals surface area contributed by atoms with Crippen LogP contribution in [-0.4, -0.2) is 53.2 Å². The lowest BCUT2D eigenvalue weighted by Gasteiger charge is -2.25. The number of hydrazine groups is 1. The van der Waals surface area contributed by atoms with Crippen molar-refractivity contribution < 1.29 is 23.9 Å². The SMILES string of the molecule is COC(=O)c1ccc(CCN(NC(=O)OC(C)(C)C)C(=O)SCCCl)s1. The monoisotopic (exact) mass is 422 g/mol. The summed E-state index contributed by atoms with van der Waals surface area (Å²) < 4.78 is 9.86. The molecule has 26 heavy (non-hydrogen) atoms. The largest absolute Gasteiger partial charge is 0.465 e. The Labute approximate surface area is 166 Å². The van der Waals surface area contributed by atoms with Gasteiger partial charge in [0, 0.05) is 29.5 Å². The van der Waals surface area contributed by atoms with Gasteiger partial charge in [-0.15, -0.1) is 22.9 Å². The zero-order valence-corrected chi connectivity index (χ0v) is 17.6. The molecule has 7 nitrogen and oxygen atoms in total. The van der Waals surface area contributed by atoms with Crippen LogP contribution in [0.3, 0.4) is 0 Å². The van der Waals surface area contributed by atoms with Crippen molar-refractivity contribution >= 4 is 52.0 Å². The minimum Gasteiger partial charge on any atom is -0.465 e. The lowest BCUT2D eigenvalue weighted by molar-refractivity contribution is 0.0395. The van der Waals surface area contributed by atoms with E-state index in [1.54, 1.807) is 32.9 Å². The fraction of sp³-hybridized carbons (Fsp3) is 0.562. The maximum Gasteiger partial charge on any atom is 0.426 e. The van der Waals surface area contributed by atoms with E-state index >= 15 is 0 Å². The second-order valence-electron chi connectivity index (χ2n) is 6.08. The Morgan fingerprint density at radius 1 is 1.31 bits per heavy atom. The van der Waals surface area contributed by atoms with E-state index in [1.165, 1.54) is 23.5 Å². The summed E-state index contributed by atoms with van der Waals surface area (Å²) in [6, 6.07) is 3.46. The molecule has 0 radical (unpaired) electrons. The number of amides is 2. The molecule has 1 aromatic heterocycles. The smallest absolute Gasteiger partial charge is 0.426 e. The van der Waals surface area contributed by atoms with Crippen LogP contribution in [0.1, 0.15) is 35.3 Å². The number of thiophene rings is 1. The van der Waals surface area contributed by atoms with E-state index in [4.69, 9.17) is 16.3 Å². The van der Waals surface area contributed by atoms with E-state index in [1.807, 2.05) is 0 Å². The van der Waals surface area contributed by atoms with Crippen molar-refractivity contribution in [2.75, 3.05) is 25.3 Å². The van der Waals surface area contributed by atoms with Gasteiger partial charge in [0.15, 0.2) is 0 Å². The fourth-order valence-corrected chi connectivity index (χ4v) is 3.44. The maximum absolute atomic E-state index is 12.3. The number of hydrogen-bond acceptors (Lipinski definition) is 7. The Bertz CT molecular complexity index is 630. The van der Waals surface area contributed by atoms with Crippen LogP contribution in [0.5, 0.6) is 0 Å². The second-order valence-corrected chi connectivity index (χ2v) is 8.67. The number of carbonyl (C=O) groups is 3. The van der Waals surface area contributed by atoms with E-state index in [0.717, 1.165) is 16.6 Å². The van der Waals surface area contributed by atoms with Gasteiger partial charge in [0.05, 0.1) is 7.11 Å². The van der Waals surface area contributed by atoms with Crippen molar-refractivity contribution in [3.8, 4) is 0 Å². The highest BCUT2D eigenvalue weighted by atomic mass is 35.5. The maximum atomic E-state index is 12.3. The molecule has 0 fully saturated rings. The van der Waals surface area contributed by atoms with E-state index in [0.29, 0.717) is 22.9 Å². The zero-order chi connectivity index (χ0) is 19.7. The van der Waals surface area contributed by atoms with Gasteiger partial charge in [-0.3, -0.25) is 4.79 Å². The molecule has 1 heterocycles. The van der Waals surface area contributed by atoms with E-state index < -0.39 is 17.7 Å². The number of rotatable bonds is 6. The zero-order valence-electron chi connectivity index (χ0n) is 15.2. The highest BCUT2D eigenvalue weighted by molar-refractivity contribution is 8.13. The summed E-state index contributed by atoms with van der Waals surface area (Å²) in [5, 5.41) is 0.865. The molecule has 10 heteroatoms. The van der Waals surface area contributed by atoms with Gasteiger partial charge in [-0.25, -0.2) is 20.0 Å². The average Bonchev–Trinajstić information content (AvgIpc) is 3.02. The summed E-state index contributed by atoms with van der Waals surface area (Å²) in [7, 11) is 1.32. The molecule has 0 saturated heterocycles. The molecule has 1 aromatic rings. The van der Waals surface area contributed by atoms with Crippen molar-refractivity contribution in [2.24, 2.45) is 0 Å². The number of esters is 1. The first kappa shape index (κ1) is 22.6. The number of hydrogen-bond donors (Lipinski definition) is 1. The summed E-state index contributed by atoms with van der Waals surface area (Å²) >= 11 is 7.91. The van der Waals surface area contributed by atoms with Crippen molar-refractivity contribution in [1.82, 2.24) is 10.4 Å². The quantitative estimate of drug-likeness (QED) is 0.425.